The largest absolute Gasteiger partial charge is 0.507 e. The number of ether oxygens (including phenoxy) is 2. The van der Waals surface area contributed by atoms with Crippen molar-refractivity contribution >= 4 is 17.4 Å². The molecule has 4 heterocycles. The molecule has 0 saturated carbocycles. The number of amides is 1. The molecule has 1 aromatic heterocycles. The molecule has 3 aliphatic rings. The summed E-state index contributed by atoms with van der Waals surface area (Å²) in [6.07, 6.45) is 4.06. The van der Waals surface area contributed by atoms with Gasteiger partial charge >= 0.3 is 0 Å². The number of hydrogen-bond acceptors (Lipinski definition) is 7. The average molecular weight is 450 g/mol. The zero-order valence-corrected chi connectivity index (χ0v) is 18.6. The van der Waals surface area contributed by atoms with E-state index in [0.29, 0.717) is 31.9 Å². The molecule has 2 unspecified atom stereocenters. The van der Waals surface area contributed by atoms with Gasteiger partial charge in [-0.25, -0.2) is 0 Å². The maximum Gasteiger partial charge on any atom is 0.295 e. The molecular weight excluding hydrogens is 422 g/mol. The third-order valence-electron chi connectivity index (χ3n) is 6.49. The number of aliphatic hydroxyl groups excluding tert-OH is 1. The topological polar surface area (TPSA) is 92.2 Å². The molecule has 2 saturated heterocycles. The Morgan fingerprint density at radius 2 is 1.88 bits per heavy atom. The summed E-state index contributed by atoms with van der Waals surface area (Å²) in [4.78, 5) is 34.1. The molecule has 5 rings (SSSR count). The van der Waals surface area contributed by atoms with Gasteiger partial charge in [0.2, 0.25) is 0 Å². The standard InChI is InChI=1S/C25H27N3O5/c1-16-14-19-15-18(2-3-20(19)33-16)23(29)21-22(17-4-6-26-7-5-17)28(25(31)24(21)30)9-8-27-10-12-32-13-11-27/h2-7,15-16,22,29H,8-14H2,1H3. The van der Waals surface area contributed by atoms with E-state index in [1.807, 2.05) is 19.1 Å². The lowest BCUT2D eigenvalue weighted by Crippen LogP contribution is -2.42. The fraction of sp³-hybridized carbons (Fsp3) is 0.400. The number of rotatable bonds is 5. The number of nitrogens with zero attached hydrogens (tertiary/aromatic N) is 3. The number of benzene rings is 1. The first-order valence-corrected chi connectivity index (χ1v) is 11.3. The number of hydrogen-bond donors (Lipinski definition) is 1. The van der Waals surface area contributed by atoms with Crippen LogP contribution in [0, 0.1) is 0 Å². The molecule has 0 bridgehead atoms. The number of aliphatic hydroxyl groups is 1. The number of likely N-dealkylation sites (tertiary alicyclic amines) is 1. The second-order valence-electron chi connectivity index (χ2n) is 8.68. The molecule has 3 aliphatic heterocycles. The number of aromatic nitrogens is 1. The summed E-state index contributed by atoms with van der Waals surface area (Å²) >= 11 is 0. The SMILES string of the molecule is CC1Cc2cc(C(O)=C3C(=O)C(=O)N(CCN4CCOCC4)C3c3ccncc3)ccc2O1. The minimum absolute atomic E-state index is 0.0694. The molecule has 1 amide bonds. The van der Waals surface area contributed by atoms with Gasteiger partial charge in [-0.2, -0.15) is 0 Å². The maximum atomic E-state index is 13.2. The molecule has 8 nitrogen and oxygen atoms in total. The van der Waals surface area contributed by atoms with Gasteiger partial charge in [0.05, 0.1) is 24.8 Å². The lowest BCUT2D eigenvalue weighted by atomic mass is 9.95. The van der Waals surface area contributed by atoms with Gasteiger partial charge in [0, 0.05) is 50.6 Å². The Hall–Kier alpha value is -3.23. The van der Waals surface area contributed by atoms with Crippen LogP contribution in [0.15, 0.2) is 48.3 Å². The molecule has 1 N–H and O–H groups in total. The Balaban J connectivity index is 1.51. The van der Waals surface area contributed by atoms with Gasteiger partial charge in [0.1, 0.15) is 17.6 Å². The van der Waals surface area contributed by atoms with Crippen molar-refractivity contribution in [2.75, 3.05) is 39.4 Å². The van der Waals surface area contributed by atoms with Crippen LogP contribution in [-0.4, -0.2) is 77.1 Å². The first-order valence-electron chi connectivity index (χ1n) is 11.3. The Morgan fingerprint density at radius 1 is 1.12 bits per heavy atom. The molecule has 2 aromatic rings. The van der Waals surface area contributed by atoms with Gasteiger partial charge in [-0.15, -0.1) is 0 Å². The molecule has 33 heavy (non-hydrogen) atoms. The molecule has 0 aliphatic carbocycles. The predicted octanol–water partition coefficient (Wildman–Crippen LogP) is 2.16. The molecule has 0 radical (unpaired) electrons. The van der Waals surface area contributed by atoms with Crippen molar-refractivity contribution in [3.63, 3.8) is 0 Å². The summed E-state index contributed by atoms with van der Waals surface area (Å²) in [6.45, 7) is 5.90. The second-order valence-corrected chi connectivity index (χ2v) is 8.68. The smallest absolute Gasteiger partial charge is 0.295 e. The lowest BCUT2D eigenvalue weighted by Gasteiger charge is -2.31. The number of fused-ring (bicyclic) bond motifs is 1. The van der Waals surface area contributed by atoms with Gasteiger partial charge in [0.25, 0.3) is 11.7 Å². The maximum absolute atomic E-state index is 13.2. The number of Topliss-reactive ketones (excluding diaryl/α,β-unsaturated/α-hetero) is 1. The summed E-state index contributed by atoms with van der Waals surface area (Å²) < 4.78 is 11.2. The van der Waals surface area contributed by atoms with Crippen LogP contribution in [0.3, 0.4) is 0 Å². The summed E-state index contributed by atoms with van der Waals surface area (Å²) in [5.74, 6) is -0.631. The highest BCUT2D eigenvalue weighted by Gasteiger charge is 2.46. The van der Waals surface area contributed by atoms with Crippen molar-refractivity contribution in [1.82, 2.24) is 14.8 Å². The van der Waals surface area contributed by atoms with E-state index in [0.717, 1.165) is 36.4 Å². The summed E-state index contributed by atoms with van der Waals surface area (Å²) in [6, 6.07) is 8.28. The van der Waals surface area contributed by atoms with E-state index in [2.05, 4.69) is 9.88 Å². The molecular formula is C25H27N3O5. The third-order valence-corrected chi connectivity index (χ3v) is 6.49. The van der Waals surface area contributed by atoms with Crippen LogP contribution in [0.5, 0.6) is 5.75 Å². The van der Waals surface area contributed by atoms with Crippen LogP contribution < -0.4 is 4.74 Å². The quantitative estimate of drug-likeness (QED) is 0.425. The van der Waals surface area contributed by atoms with Crippen molar-refractivity contribution in [1.29, 1.82) is 0 Å². The predicted molar refractivity (Wildman–Crippen MR) is 121 cm³/mol. The van der Waals surface area contributed by atoms with E-state index in [4.69, 9.17) is 9.47 Å². The Labute approximate surface area is 192 Å². The fourth-order valence-electron chi connectivity index (χ4n) is 4.80. The zero-order valence-electron chi connectivity index (χ0n) is 18.6. The van der Waals surface area contributed by atoms with Crippen LogP contribution in [0.4, 0.5) is 0 Å². The van der Waals surface area contributed by atoms with E-state index in [-0.39, 0.29) is 17.4 Å². The van der Waals surface area contributed by atoms with Gasteiger partial charge in [-0.05, 0) is 48.4 Å². The number of morpholine rings is 1. The highest BCUT2D eigenvalue weighted by atomic mass is 16.5. The van der Waals surface area contributed by atoms with Crippen molar-refractivity contribution < 1.29 is 24.2 Å². The Morgan fingerprint density at radius 3 is 2.64 bits per heavy atom. The fourth-order valence-corrected chi connectivity index (χ4v) is 4.80. The molecule has 1 aromatic carbocycles. The van der Waals surface area contributed by atoms with Gasteiger partial charge in [-0.1, -0.05) is 0 Å². The first-order chi connectivity index (χ1) is 16.0. The van der Waals surface area contributed by atoms with Crippen molar-refractivity contribution in [2.24, 2.45) is 0 Å². The van der Waals surface area contributed by atoms with Crippen LogP contribution in [0.2, 0.25) is 0 Å². The van der Waals surface area contributed by atoms with E-state index < -0.39 is 17.7 Å². The van der Waals surface area contributed by atoms with Gasteiger partial charge in [0.15, 0.2) is 0 Å². The monoisotopic (exact) mass is 449 g/mol. The number of ketones is 1. The zero-order chi connectivity index (χ0) is 22.9. The van der Waals surface area contributed by atoms with Crippen molar-refractivity contribution in [2.45, 2.75) is 25.5 Å². The minimum atomic E-state index is -0.669. The second kappa shape index (κ2) is 8.96. The molecule has 2 atom stereocenters. The number of carbonyl (C=O) groups is 2. The summed E-state index contributed by atoms with van der Waals surface area (Å²) in [5.41, 5.74) is 2.34. The minimum Gasteiger partial charge on any atom is -0.507 e. The molecule has 172 valence electrons. The highest BCUT2D eigenvalue weighted by molar-refractivity contribution is 6.46. The number of pyridine rings is 1. The van der Waals surface area contributed by atoms with E-state index in [9.17, 15) is 14.7 Å². The van der Waals surface area contributed by atoms with Crippen molar-refractivity contribution in [3.05, 3.63) is 65.0 Å². The van der Waals surface area contributed by atoms with Crippen LogP contribution >= 0.6 is 0 Å². The van der Waals surface area contributed by atoms with Crippen LogP contribution in [0.25, 0.3) is 5.76 Å². The summed E-state index contributed by atoms with van der Waals surface area (Å²) in [7, 11) is 0. The Bertz CT molecular complexity index is 1090. The van der Waals surface area contributed by atoms with Crippen molar-refractivity contribution in [3.8, 4) is 5.75 Å². The number of carbonyl (C=O) groups excluding carboxylic acids is 2. The van der Waals surface area contributed by atoms with E-state index in [1.54, 1.807) is 35.5 Å². The van der Waals surface area contributed by atoms with Gasteiger partial charge < -0.3 is 19.5 Å². The Kier molecular flexibility index (Phi) is 5.86. The molecule has 2 fully saturated rings. The third kappa shape index (κ3) is 4.12. The van der Waals surface area contributed by atoms with Crippen LogP contribution in [0.1, 0.15) is 29.7 Å². The van der Waals surface area contributed by atoms with Gasteiger partial charge in [-0.3, -0.25) is 19.5 Å². The lowest BCUT2D eigenvalue weighted by molar-refractivity contribution is -0.140. The average Bonchev–Trinajstić information content (AvgIpc) is 3.34. The van der Waals surface area contributed by atoms with E-state index in [1.165, 1.54) is 0 Å². The first kappa shape index (κ1) is 21.6. The normalized spacial score (nSPS) is 24.7. The van der Waals surface area contributed by atoms with Crippen LogP contribution in [-0.2, 0) is 20.7 Å². The highest BCUT2D eigenvalue weighted by Crippen LogP contribution is 2.40. The molecule has 8 heteroatoms. The summed E-state index contributed by atoms with van der Waals surface area (Å²) in [5, 5.41) is 11.3. The van der Waals surface area contributed by atoms with E-state index >= 15 is 0 Å². The molecule has 0 spiro atoms.